The largest absolute Gasteiger partial charge is 0.485 e. The molecule has 0 heterocycles. The van der Waals surface area contributed by atoms with Crippen molar-refractivity contribution >= 4 is 37.6 Å². The molecule has 0 amide bonds. The van der Waals surface area contributed by atoms with Gasteiger partial charge < -0.3 is 4.74 Å². The van der Waals surface area contributed by atoms with Gasteiger partial charge in [0.2, 0.25) is 0 Å². The Morgan fingerprint density at radius 3 is 2.63 bits per heavy atom. The van der Waals surface area contributed by atoms with Gasteiger partial charge in [0, 0.05) is 14.5 Å². The molecule has 19 heavy (non-hydrogen) atoms. The standard InChI is InChI=1S/C15H12Br2O2/c1-10-7-13(5-6-14(10)17)19-9-15(18)11-3-2-4-12(16)8-11/h2-8H,9H2,1H3. The Kier molecular flexibility index (Phi) is 4.77. The molecule has 0 saturated heterocycles. The molecule has 0 aliphatic heterocycles. The van der Waals surface area contributed by atoms with Crippen LogP contribution in [0.5, 0.6) is 5.75 Å². The minimum Gasteiger partial charge on any atom is -0.485 e. The fraction of sp³-hybridized carbons (Fsp3) is 0.133. The molecular formula is C15H12Br2O2. The first-order chi connectivity index (χ1) is 9.06. The quantitative estimate of drug-likeness (QED) is 0.710. The molecular weight excluding hydrogens is 372 g/mol. The first-order valence-electron chi connectivity index (χ1n) is 5.74. The summed E-state index contributed by atoms with van der Waals surface area (Å²) >= 11 is 6.77. The topological polar surface area (TPSA) is 26.3 Å². The van der Waals surface area contributed by atoms with Crippen molar-refractivity contribution in [3.63, 3.8) is 0 Å². The number of carbonyl (C=O) groups excluding carboxylic acids is 1. The zero-order valence-corrected chi connectivity index (χ0v) is 13.5. The highest BCUT2D eigenvalue weighted by atomic mass is 79.9. The summed E-state index contributed by atoms with van der Waals surface area (Å²) in [6.45, 7) is 2.02. The number of benzene rings is 2. The van der Waals surface area contributed by atoms with Gasteiger partial charge in [0.05, 0.1) is 0 Å². The molecule has 2 aromatic rings. The Hall–Kier alpha value is -1.13. The Balaban J connectivity index is 2.02. The van der Waals surface area contributed by atoms with Gasteiger partial charge in [-0.1, -0.05) is 44.0 Å². The number of hydrogen-bond acceptors (Lipinski definition) is 2. The molecule has 0 atom stereocenters. The van der Waals surface area contributed by atoms with Crippen LogP contribution in [0.15, 0.2) is 51.4 Å². The van der Waals surface area contributed by atoms with E-state index in [-0.39, 0.29) is 12.4 Å². The molecule has 2 rings (SSSR count). The van der Waals surface area contributed by atoms with Gasteiger partial charge in [-0.05, 0) is 42.8 Å². The number of ketones is 1. The van der Waals surface area contributed by atoms with Crippen molar-refractivity contribution in [2.45, 2.75) is 6.92 Å². The van der Waals surface area contributed by atoms with Crippen molar-refractivity contribution in [2.75, 3.05) is 6.61 Å². The zero-order chi connectivity index (χ0) is 13.8. The Bertz CT molecular complexity index is 609. The first-order valence-corrected chi connectivity index (χ1v) is 7.32. The molecule has 0 N–H and O–H groups in total. The van der Waals surface area contributed by atoms with Gasteiger partial charge in [0.15, 0.2) is 12.4 Å². The Labute approximate surface area is 129 Å². The Morgan fingerprint density at radius 2 is 1.95 bits per heavy atom. The normalized spacial score (nSPS) is 10.3. The summed E-state index contributed by atoms with van der Waals surface area (Å²) in [5.74, 6) is 0.658. The van der Waals surface area contributed by atoms with Crippen molar-refractivity contribution in [1.29, 1.82) is 0 Å². The van der Waals surface area contributed by atoms with Crippen molar-refractivity contribution in [1.82, 2.24) is 0 Å². The number of ether oxygens (including phenoxy) is 1. The molecule has 98 valence electrons. The van der Waals surface area contributed by atoms with E-state index >= 15 is 0 Å². The van der Waals surface area contributed by atoms with Crippen LogP contribution in [0.1, 0.15) is 15.9 Å². The highest BCUT2D eigenvalue weighted by Gasteiger charge is 2.07. The van der Waals surface area contributed by atoms with Crippen LogP contribution in [0.2, 0.25) is 0 Å². The smallest absolute Gasteiger partial charge is 0.200 e. The minimum atomic E-state index is -0.0399. The van der Waals surface area contributed by atoms with Crippen molar-refractivity contribution in [2.24, 2.45) is 0 Å². The summed E-state index contributed by atoms with van der Waals surface area (Å²) in [4.78, 5) is 12.0. The van der Waals surface area contributed by atoms with Gasteiger partial charge >= 0.3 is 0 Å². The average molecular weight is 384 g/mol. The lowest BCUT2D eigenvalue weighted by molar-refractivity contribution is 0.0921. The predicted molar refractivity (Wildman–Crippen MR) is 82.8 cm³/mol. The monoisotopic (exact) mass is 382 g/mol. The van der Waals surface area contributed by atoms with Gasteiger partial charge in [-0.25, -0.2) is 0 Å². The fourth-order valence-electron chi connectivity index (χ4n) is 1.60. The minimum absolute atomic E-state index is 0.0392. The third kappa shape index (κ3) is 3.91. The molecule has 0 spiro atoms. The Morgan fingerprint density at radius 1 is 1.16 bits per heavy atom. The van der Waals surface area contributed by atoms with Crippen LogP contribution in [0.4, 0.5) is 0 Å². The van der Waals surface area contributed by atoms with Crippen molar-refractivity contribution in [3.05, 3.63) is 62.5 Å². The molecule has 0 aliphatic carbocycles. The van der Waals surface area contributed by atoms with Crippen LogP contribution >= 0.6 is 31.9 Å². The van der Waals surface area contributed by atoms with E-state index in [0.717, 1.165) is 14.5 Å². The van der Waals surface area contributed by atoms with E-state index in [1.807, 2.05) is 37.3 Å². The van der Waals surface area contributed by atoms with E-state index in [2.05, 4.69) is 31.9 Å². The van der Waals surface area contributed by atoms with Gasteiger partial charge in [-0.3, -0.25) is 4.79 Å². The predicted octanol–water partition coefficient (Wildman–Crippen LogP) is 4.78. The van der Waals surface area contributed by atoms with E-state index in [1.54, 1.807) is 12.1 Å². The molecule has 0 saturated carbocycles. The van der Waals surface area contributed by atoms with E-state index in [4.69, 9.17) is 4.74 Å². The van der Waals surface area contributed by atoms with Crippen LogP contribution in [0, 0.1) is 6.92 Å². The van der Waals surface area contributed by atoms with Crippen LogP contribution in [0.25, 0.3) is 0 Å². The molecule has 0 radical (unpaired) electrons. The SMILES string of the molecule is Cc1cc(OCC(=O)c2cccc(Br)c2)ccc1Br. The second kappa shape index (κ2) is 6.35. The molecule has 0 unspecified atom stereocenters. The van der Waals surface area contributed by atoms with Crippen LogP contribution < -0.4 is 4.74 Å². The summed E-state index contributed by atoms with van der Waals surface area (Å²) in [7, 11) is 0. The third-order valence-corrected chi connectivity index (χ3v) is 4.03. The van der Waals surface area contributed by atoms with E-state index < -0.39 is 0 Å². The highest BCUT2D eigenvalue weighted by molar-refractivity contribution is 9.10. The molecule has 0 aromatic heterocycles. The summed E-state index contributed by atoms with van der Waals surface area (Å²) in [6.07, 6.45) is 0. The van der Waals surface area contributed by atoms with Crippen LogP contribution in [-0.2, 0) is 0 Å². The lowest BCUT2D eigenvalue weighted by Crippen LogP contribution is -2.11. The number of aryl methyl sites for hydroxylation is 1. The summed E-state index contributed by atoms with van der Waals surface area (Å²) in [5.41, 5.74) is 1.72. The maximum atomic E-state index is 12.0. The number of hydrogen-bond donors (Lipinski definition) is 0. The highest BCUT2D eigenvalue weighted by Crippen LogP contribution is 2.21. The van der Waals surface area contributed by atoms with Gasteiger partial charge in [-0.2, -0.15) is 0 Å². The van der Waals surface area contributed by atoms with E-state index in [1.165, 1.54) is 0 Å². The van der Waals surface area contributed by atoms with Crippen molar-refractivity contribution < 1.29 is 9.53 Å². The summed E-state index contributed by atoms with van der Waals surface area (Å²) in [6, 6.07) is 12.9. The number of rotatable bonds is 4. The number of carbonyl (C=O) groups is 1. The number of halogens is 2. The molecule has 0 bridgehead atoms. The number of Topliss-reactive ketones (excluding diaryl/α,β-unsaturated/α-hetero) is 1. The maximum Gasteiger partial charge on any atom is 0.200 e. The first kappa shape index (κ1) is 14.3. The van der Waals surface area contributed by atoms with E-state index in [9.17, 15) is 4.79 Å². The lowest BCUT2D eigenvalue weighted by atomic mass is 10.1. The third-order valence-electron chi connectivity index (χ3n) is 2.65. The zero-order valence-electron chi connectivity index (χ0n) is 10.3. The van der Waals surface area contributed by atoms with Crippen molar-refractivity contribution in [3.8, 4) is 5.75 Å². The average Bonchev–Trinajstić information content (AvgIpc) is 2.40. The summed E-state index contributed by atoms with van der Waals surface area (Å²) < 4.78 is 7.43. The molecule has 0 fully saturated rings. The molecule has 4 heteroatoms. The summed E-state index contributed by atoms with van der Waals surface area (Å²) in [5, 5.41) is 0. The maximum absolute atomic E-state index is 12.0. The van der Waals surface area contributed by atoms with Crippen LogP contribution in [-0.4, -0.2) is 12.4 Å². The molecule has 2 nitrogen and oxygen atoms in total. The molecule has 0 aliphatic rings. The second-order valence-corrected chi connectivity index (χ2v) is 5.90. The van der Waals surface area contributed by atoms with Gasteiger partial charge in [-0.15, -0.1) is 0 Å². The van der Waals surface area contributed by atoms with Gasteiger partial charge in [0.25, 0.3) is 0 Å². The van der Waals surface area contributed by atoms with E-state index in [0.29, 0.717) is 11.3 Å². The molecule has 2 aromatic carbocycles. The fourth-order valence-corrected chi connectivity index (χ4v) is 2.25. The second-order valence-electron chi connectivity index (χ2n) is 4.13. The lowest BCUT2D eigenvalue weighted by Gasteiger charge is -2.07. The van der Waals surface area contributed by atoms with Gasteiger partial charge in [0.1, 0.15) is 5.75 Å². The van der Waals surface area contributed by atoms with Crippen LogP contribution in [0.3, 0.4) is 0 Å².